The standard InChI is InChI=1S/C12H17F3N2O2/c13-12(14,15)9(18)7-10-16-11(17-19-10)8-5-3-1-2-4-6-8/h8-9,18H,1-7H2. The molecule has 1 saturated carbocycles. The van der Waals surface area contributed by atoms with Crippen LogP contribution in [0.25, 0.3) is 0 Å². The number of halogens is 3. The number of alkyl halides is 3. The first kappa shape index (κ1) is 14.3. The van der Waals surface area contributed by atoms with E-state index in [4.69, 9.17) is 9.63 Å². The molecule has 7 heteroatoms. The summed E-state index contributed by atoms with van der Waals surface area (Å²) in [5.41, 5.74) is 0. The Balaban J connectivity index is 1.98. The summed E-state index contributed by atoms with van der Waals surface area (Å²) in [4.78, 5) is 3.99. The van der Waals surface area contributed by atoms with Crippen molar-refractivity contribution in [2.75, 3.05) is 0 Å². The third kappa shape index (κ3) is 3.92. The lowest BCUT2D eigenvalue weighted by Crippen LogP contribution is -2.30. The van der Waals surface area contributed by atoms with Crippen LogP contribution in [0, 0.1) is 0 Å². The van der Waals surface area contributed by atoms with Gasteiger partial charge >= 0.3 is 6.18 Å². The molecule has 1 aromatic rings. The first-order valence-electron chi connectivity index (χ1n) is 6.54. The van der Waals surface area contributed by atoms with Crippen LogP contribution < -0.4 is 0 Å². The molecule has 4 nitrogen and oxygen atoms in total. The Morgan fingerprint density at radius 2 is 1.84 bits per heavy atom. The SMILES string of the molecule is OC(Cc1nc(C2CCCCCC2)no1)C(F)(F)F. The maximum absolute atomic E-state index is 12.2. The highest BCUT2D eigenvalue weighted by molar-refractivity contribution is 4.97. The van der Waals surface area contributed by atoms with Crippen LogP contribution in [-0.2, 0) is 6.42 Å². The summed E-state index contributed by atoms with van der Waals surface area (Å²) in [7, 11) is 0. The number of aromatic nitrogens is 2. The third-order valence-electron chi connectivity index (χ3n) is 3.45. The molecule has 1 atom stereocenters. The number of aliphatic hydroxyl groups is 1. The van der Waals surface area contributed by atoms with Crippen LogP contribution in [0.5, 0.6) is 0 Å². The van der Waals surface area contributed by atoms with E-state index in [0.717, 1.165) is 25.7 Å². The van der Waals surface area contributed by atoms with Crippen molar-refractivity contribution in [2.24, 2.45) is 0 Å². The molecule has 0 bridgehead atoms. The van der Waals surface area contributed by atoms with Gasteiger partial charge in [0.1, 0.15) is 0 Å². The van der Waals surface area contributed by atoms with Gasteiger partial charge in [-0.15, -0.1) is 0 Å². The minimum Gasteiger partial charge on any atom is -0.383 e. The van der Waals surface area contributed by atoms with Gasteiger partial charge in [0.2, 0.25) is 5.89 Å². The zero-order chi connectivity index (χ0) is 13.9. The van der Waals surface area contributed by atoms with Crippen LogP contribution in [0.15, 0.2) is 4.52 Å². The van der Waals surface area contributed by atoms with Gasteiger partial charge < -0.3 is 9.63 Å². The van der Waals surface area contributed by atoms with Crippen molar-refractivity contribution in [2.45, 2.75) is 63.1 Å². The van der Waals surface area contributed by atoms with Gasteiger partial charge in [-0.1, -0.05) is 30.8 Å². The second kappa shape index (κ2) is 5.90. The second-order valence-electron chi connectivity index (χ2n) is 5.00. The molecule has 0 aliphatic heterocycles. The summed E-state index contributed by atoms with van der Waals surface area (Å²) in [6, 6.07) is 0. The number of hydrogen-bond acceptors (Lipinski definition) is 4. The maximum Gasteiger partial charge on any atom is 0.414 e. The molecule has 1 aliphatic carbocycles. The van der Waals surface area contributed by atoms with Crippen LogP contribution in [0.3, 0.4) is 0 Å². The zero-order valence-corrected chi connectivity index (χ0v) is 10.5. The Morgan fingerprint density at radius 1 is 1.21 bits per heavy atom. The highest BCUT2D eigenvalue weighted by atomic mass is 19.4. The summed E-state index contributed by atoms with van der Waals surface area (Å²) in [5.74, 6) is 0.498. The van der Waals surface area contributed by atoms with Crippen molar-refractivity contribution in [3.05, 3.63) is 11.7 Å². The molecule has 0 radical (unpaired) electrons. The van der Waals surface area contributed by atoms with E-state index in [-0.39, 0.29) is 11.8 Å². The Kier molecular flexibility index (Phi) is 4.44. The predicted molar refractivity (Wildman–Crippen MR) is 60.5 cm³/mol. The molecular formula is C12H17F3N2O2. The first-order chi connectivity index (χ1) is 8.97. The largest absolute Gasteiger partial charge is 0.414 e. The fourth-order valence-electron chi connectivity index (χ4n) is 2.34. The number of hydrogen-bond donors (Lipinski definition) is 1. The summed E-state index contributed by atoms with van der Waals surface area (Å²) in [6.45, 7) is 0. The van der Waals surface area contributed by atoms with Crippen molar-refractivity contribution in [3.8, 4) is 0 Å². The molecule has 2 rings (SSSR count). The van der Waals surface area contributed by atoms with E-state index in [1.165, 1.54) is 12.8 Å². The van der Waals surface area contributed by atoms with E-state index in [0.29, 0.717) is 5.82 Å². The fourth-order valence-corrected chi connectivity index (χ4v) is 2.34. The van der Waals surface area contributed by atoms with E-state index in [9.17, 15) is 13.2 Å². The molecule has 0 spiro atoms. The molecule has 0 amide bonds. The van der Waals surface area contributed by atoms with Crippen LogP contribution in [0.1, 0.15) is 56.2 Å². The Hall–Kier alpha value is -1.11. The summed E-state index contributed by atoms with van der Waals surface area (Å²) < 4.78 is 41.4. The van der Waals surface area contributed by atoms with E-state index in [1.807, 2.05) is 0 Å². The van der Waals surface area contributed by atoms with Gasteiger partial charge in [-0.3, -0.25) is 0 Å². The van der Waals surface area contributed by atoms with Crippen molar-refractivity contribution < 1.29 is 22.8 Å². The van der Waals surface area contributed by atoms with Crippen LogP contribution in [-0.4, -0.2) is 27.5 Å². The van der Waals surface area contributed by atoms with Gasteiger partial charge in [0.05, 0.1) is 6.42 Å². The Bertz CT molecular complexity index is 398. The lowest BCUT2D eigenvalue weighted by atomic mass is 10.00. The summed E-state index contributed by atoms with van der Waals surface area (Å²) in [5, 5.41) is 12.7. The molecule has 1 fully saturated rings. The van der Waals surface area contributed by atoms with Crippen molar-refractivity contribution in [1.29, 1.82) is 0 Å². The monoisotopic (exact) mass is 278 g/mol. The summed E-state index contributed by atoms with van der Waals surface area (Å²) in [6.07, 6.45) is -1.38. The molecule has 0 aromatic carbocycles. The first-order valence-corrected chi connectivity index (χ1v) is 6.54. The molecule has 1 aromatic heterocycles. The molecule has 1 unspecified atom stereocenters. The predicted octanol–water partition coefficient (Wildman–Crippen LogP) is 2.97. The maximum atomic E-state index is 12.2. The average molecular weight is 278 g/mol. The average Bonchev–Trinajstić information content (AvgIpc) is 2.62. The van der Waals surface area contributed by atoms with Crippen LogP contribution in [0.2, 0.25) is 0 Å². The van der Waals surface area contributed by atoms with Gasteiger partial charge in [0, 0.05) is 5.92 Å². The molecule has 19 heavy (non-hydrogen) atoms. The Labute approximate surface area is 109 Å². The van der Waals surface area contributed by atoms with Crippen molar-refractivity contribution >= 4 is 0 Å². The lowest BCUT2D eigenvalue weighted by Gasteiger charge is -2.11. The Morgan fingerprint density at radius 3 is 2.42 bits per heavy atom. The number of aliphatic hydroxyl groups excluding tert-OH is 1. The number of rotatable bonds is 3. The molecule has 1 N–H and O–H groups in total. The molecule has 1 heterocycles. The van der Waals surface area contributed by atoms with E-state index < -0.39 is 18.7 Å². The van der Waals surface area contributed by atoms with E-state index >= 15 is 0 Å². The molecule has 108 valence electrons. The van der Waals surface area contributed by atoms with Gasteiger partial charge in [-0.25, -0.2) is 0 Å². The van der Waals surface area contributed by atoms with Gasteiger partial charge in [0.25, 0.3) is 0 Å². The molecule has 1 aliphatic rings. The van der Waals surface area contributed by atoms with Crippen molar-refractivity contribution in [1.82, 2.24) is 10.1 Å². The van der Waals surface area contributed by atoms with Gasteiger partial charge in [-0.2, -0.15) is 18.2 Å². The highest BCUT2D eigenvalue weighted by Gasteiger charge is 2.39. The normalized spacial score (nSPS) is 20.2. The highest BCUT2D eigenvalue weighted by Crippen LogP contribution is 2.30. The lowest BCUT2D eigenvalue weighted by molar-refractivity contribution is -0.204. The topological polar surface area (TPSA) is 59.2 Å². The minimum atomic E-state index is -4.66. The van der Waals surface area contributed by atoms with E-state index in [1.54, 1.807) is 0 Å². The van der Waals surface area contributed by atoms with Crippen LogP contribution >= 0.6 is 0 Å². The van der Waals surface area contributed by atoms with Crippen LogP contribution in [0.4, 0.5) is 13.2 Å². The minimum absolute atomic E-state index is 0.149. The number of nitrogens with zero attached hydrogens (tertiary/aromatic N) is 2. The van der Waals surface area contributed by atoms with Crippen molar-refractivity contribution in [3.63, 3.8) is 0 Å². The van der Waals surface area contributed by atoms with Gasteiger partial charge in [0.15, 0.2) is 11.9 Å². The third-order valence-corrected chi connectivity index (χ3v) is 3.45. The quantitative estimate of drug-likeness (QED) is 0.863. The molecule has 0 saturated heterocycles. The second-order valence-corrected chi connectivity index (χ2v) is 5.00. The van der Waals surface area contributed by atoms with E-state index in [2.05, 4.69) is 10.1 Å². The molecular weight excluding hydrogens is 261 g/mol. The zero-order valence-electron chi connectivity index (χ0n) is 10.5. The fraction of sp³-hybridized carbons (Fsp3) is 0.833. The van der Waals surface area contributed by atoms with Gasteiger partial charge in [-0.05, 0) is 12.8 Å². The summed E-state index contributed by atoms with van der Waals surface area (Å²) >= 11 is 0. The smallest absolute Gasteiger partial charge is 0.383 e.